The third kappa shape index (κ3) is 5.95. The van der Waals surface area contributed by atoms with Gasteiger partial charge in [0.05, 0.1) is 30.1 Å². The van der Waals surface area contributed by atoms with Crippen LogP contribution < -0.4 is 0 Å². The number of phenolic OH excluding ortho intramolecular Hbond substituents is 2. The maximum absolute atomic E-state index is 10.0. The van der Waals surface area contributed by atoms with Gasteiger partial charge in [-0.25, -0.2) is 0 Å². The number of hydrogen-bond acceptors (Lipinski definition) is 3. The minimum atomic E-state index is -0.252. The van der Waals surface area contributed by atoms with Crippen LogP contribution in [0, 0.1) is 0 Å². The fraction of sp³-hybridized carbons (Fsp3) is 0.0556. The molecule has 2 N–H and O–H groups in total. The van der Waals surface area contributed by atoms with E-state index < -0.39 is 0 Å². The second-order valence-corrected chi connectivity index (χ2v) is 7.33. The number of phenols is 2. The third-order valence-corrected chi connectivity index (χ3v) is 5.47. The molecule has 0 unspecified atom stereocenters. The second kappa shape index (κ2) is 10.5. The predicted octanol–water partition coefficient (Wildman–Crippen LogP) is 7.54. The molecule has 2 rings (SSSR count). The predicted molar refractivity (Wildman–Crippen MR) is 114 cm³/mol. The van der Waals surface area contributed by atoms with Crippen LogP contribution in [0.25, 0.3) is 0 Å². The van der Waals surface area contributed by atoms with Gasteiger partial charge in [0.2, 0.25) is 0 Å². The molecule has 144 valence electrons. The van der Waals surface area contributed by atoms with E-state index in [0.29, 0.717) is 0 Å². The van der Waals surface area contributed by atoms with Gasteiger partial charge in [-0.05, 0) is 24.3 Å². The van der Waals surface area contributed by atoms with Gasteiger partial charge in [0.25, 0.3) is 0 Å². The quantitative estimate of drug-likeness (QED) is 0.345. The van der Waals surface area contributed by atoms with Crippen molar-refractivity contribution in [2.45, 2.75) is 6.42 Å². The SMILES string of the molecule is C=CC(=O)C=C.Oc1c(Cl)cc(Cl)c(Cl)c1Cc1c(O)c(Cl)cc(Cl)c1Cl. The summed E-state index contributed by atoms with van der Waals surface area (Å²) < 4.78 is 0. The van der Waals surface area contributed by atoms with Crippen molar-refractivity contribution >= 4 is 75.4 Å². The summed E-state index contributed by atoms with van der Waals surface area (Å²) in [6.45, 7) is 6.42. The van der Waals surface area contributed by atoms with Gasteiger partial charge in [-0.1, -0.05) is 82.8 Å². The summed E-state index contributed by atoms with van der Waals surface area (Å²) in [5, 5.41) is 20.6. The summed E-state index contributed by atoms with van der Waals surface area (Å²) in [6, 6.07) is 2.63. The maximum atomic E-state index is 10.0. The van der Waals surface area contributed by atoms with Crippen LogP contribution in [-0.2, 0) is 11.2 Å². The first-order valence-electron chi connectivity index (χ1n) is 7.04. The van der Waals surface area contributed by atoms with Crippen molar-refractivity contribution in [1.82, 2.24) is 0 Å². The van der Waals surface area contributed by atoms with Gasteiger partial charge < -0.3 is 10.2 Å². The van der Waals surface area contributed by atoms with Gasteiger partial charge in [0, 0.05) is 17.5 Å². The summed E-state index contributed by atoms with van der Waals surface area (Å²) in [4.78, 5) is 9.94. The zero-order valence-electron chi connectivity index (χ0n) is 13.5. The van der Waals surface area contributed by atoms with Gasteiger partial charge in [-0.2, -0.15) is 0 Å². The Morgan fingerprint density at radius 3 is 1.37 bits per heavy atom. The summed E-state index contributed by atoms with van der Waals surface area (Å²) in [6.07, 6.45) is 2.38. The van der Waals surface area contributed by atoms with E-state index >= 15 is 0 Å². The average molecular weight is 489 g/mol. The van der Waals surface area contributed by atoms with Crippen LogP contribution in [0.15, 0.2) is 37.4 Å². The molecule has 0 radical (unpaired) electrons. The van der Waals surface area contributed by atoms with E-state index in [1.54, 1.807) is 0 Å². The summed E-state index contributed by atoms with van der Waals surface area (Å²) in [5.41, 5.74) is 0.425. The van der Waals surface area contributed by atoms with Crippen LogP contribution in [0.3, 0.4) is 0 Å². The lowest BCUT2D eigenvalue weighted by atomic mass is 10.0. The van der Waals surface area contributed by atoms with Crippen LogP contribution >= 0.6 is 69.6 Å². The van der Waals surface area contributed by atoms with Crippen molar-refractivity contribution in [2.24, 2.45) is 0 Å². The number of halogens is 6. The molecule has 0 spiro atoms. The van der Waals surface area contributed by atoms with Gasteiger partial charge in [-0.3, -0.25) is 4.79 Å². The van der Waals surface area contributed by atoms with Crippen LogP contribution in [0.1, 0.15) is 11.1 Å². The zero-order valence-corrected chi connectivity index (χ0v) is 18.0. The van der Waals surface area contributed by atoms with E-state index in [1.807, 2.05) is 0 Å². The van der Waals surface area contributed by atoms with Crippen molar-refractivity contribution < 1.29 is 15.0 Å². The van der Waals surface area contributed by atoms with Crippen LogP contribution in [0.4, 0.5) is 0 Å². The first-order chi connectivity index (χ1) is 12.5. The number of hydrogen-bond donors (Lipinski definition) is 2. The second-order valence-electron chi connectivity index (χ2n) is 4.95. The lowest BCUT2D eigenvalue weighted by Gasteiger charge is -2.14. The highest BCUT2D eigenvalue weighted by Gasteiger charge is 2.21. The molecule has 9 heteroatoms. The lowest BCUT2D eigenvalue weighted by Crippen LogP contribution is -1.95. The normalized spacial score (nSPS) is 10.0. The summed E-state index contributed by atoms with van der Waals surface area (Å²) in [7, 11) is 0. The number of aromatic hydroxyl groups is 2. The number of carbonyl (C=O) groups is 1. The molecule has 3 nitrogen and oxygen atoms in total. The Labute approximate surface area is 186 Å². The van der Waals surface area contributed by atoms with Gasteiger partial charge in [0.15, 0.2) is 5.78 Å². The van der Waals surface area contributed by atoms with Gasteiger partial charge in [-0.15, -0.1) is 0 Å². The largest absolute Gasteiger partial charge is 0.506 e. The fourth-order valence-corrected chi connectivity index (χ4v) is 3.28. The smallest absolute Gasteiger partial charge is 0.177 e. The highest BCUT2D eigenvalue weighted by atomic mass is 35.5. The van der Waals surface area contributed by atoms with Gasteiger partial charge >= 0.3 is 0 Å². The molecule has 0 aliphatic carbocycles. The van der Waals surface area contributed by atoms with E-state index in [0.717, 1.165) is 0 Å². The Kier molecular flexibility index (Phi) is 9.29. The molecule has 27 heavy (non-hydrogen) atoms. The molecule has 0 bridgehead atoms. The molecule has 0 aliphatic rings. The highest BCUT2D eigenvalue weighted by Crippen LogP contribution is 2.44. The van der Waals surface area contributed by atoms with Crippen LogP contribution in [0.2, 0.25) is 30.1 Å². The first-order valence-corrected chi connectivity index (χ1v) is 9.31. The van der Waals surface area contributed by atoms with Crippen molar-refractivity contribution in [1.29, 1.82) is 0 Å². The van der Waals surface area contributed by atoms with E-state index in [4.69, 9.17) is 69.6 Å². The van der Waals surface area contributed by atoms with E-state index in [9.17, 15) is 15.0 Å². The highest BCUT2D eigenvalue weighted by molar-refractivity contribution is 6.45. The van der Waals surface area contributed by atoms with Crippen LogP contribution in [-0.4, -0.2) is 16.0 Å². The third-order valence-electron chi connectivity index (χ3n) is 3.24. The summed E-state index contributed by atoms with van der Waals surface area (Å²) >= 11 is 35.7. The minimum Gasteiger partial charge on any atom is -0.506 e. The fourth-order valence-electron chi connectivity index (χ4n) is 1.85. The topological polar surface area (TPSA) is 57.5 Å². The molecular weight excluding hydrogens is 477 g/mol. The molecule has 0 heterocycles. The zero-order chi connectivity index (χ0) is 20.9. The molecule has 0 atom stereocenters. The van der Waals surface area contributed by atoms with Crippen molar-refractivity contribution in [2.75, 3.05) is 0 Å². The Morgan fingerprint density at radius 2 is 1.11 bits per heavy atom. The Bertz CT molecular complexity index is 785. The number of carbonyl (C=O) groups excluding carboxylic acids is 1. The van der Waals surface area contributed by atoms with E-state index in [2.05, 4.69) is 13.2 Å². The number of ketones is 1. The molecule has 0 saturated carbocycles. The Morgan fingerprint density at radius 1 is 0.778 bits per heavy atom. The average Bonchev–Trinajstić information content (AvgIpc) is 2.64. The monoisotopic (exact) mass is 486 g/mol. The molecule has 0 saturated heterocycles. The van der Waals surface area contributed by atoms with E-state index in [-0.39, 0.29) is 65.0 Å². The molecular formula is C18H12Cl6O3. The first kappa shape index (κ1) is 24.0. The molecule has 0 aromatic heterocycles. The minimum absolute atomic E-state index is 0.0307. The lowest BCUT2D eigenvalue weighted by molar-refractivity contribution is -0.110. The van der Waals surface area contributed by atoms with E-state index in [1.165, 1.54) is 24.3 Å². The van der Waals surface area contributed by atoms with Crippen molar-refractivity contribution in [3.05, 3.63) is 78.7 Å². The maximum Gasteiger partial charge on any atom is 0.177 e. The molecule has 0 fully saturated rings. The van der Waals surface area contributed by atoms with Crippen LogP contribution in [0.5, 0.6) is 11.5 Å². The Balaban J connectivity index is 0.000000527. The molecule has 0 amide bonds. The number of benzene rings is 2. The number of rotatable bonds is 4. The molecule has 2 aromatic carbocycles. The molecule has 0 aliphatic heterocycles. The Hall–Kier alpha value is -1.07. The van der Waals surface area contributed by atoms with Crippen molar-refractivity contribution in [3.63, 3.8) is 0 Å². The van der Waals surface area contributed by atoms with Gasteiger partial charge in [0.1, 0.15) is 11.5 Å². The summed E-state index contributed by atoms with van der Waals surface area (Å²) in [5.74, 6) is -0.634. The number of allylic oxidation sites excluding steroid dienone is 2. The van der Waals surface area contributed by atoms with Crippen molar-refractivity contribution in [3.8, 4) is 11.5 Å². The standard InChI is InChI=1S/C13H6Cl6O2.C5H6O/c14-6-2-8(16)12(20)4(10(6)18)1-5-11(19)7(15)3-9(17)13(5)21;1-3-5(6)4-2/h2-3,20-21H,1H2;3-4H,1-2H2. The molecule has 2 aromatic rings.